The van der Waals surface area contributed by atoms with E-state index in [0.29, 0.717) is 30.1 Å². The Hall–Kier alpha value is -2.80. The Kier molecular flexibility index (Phi) is 4.16. The number of rotatable bonds is 2. The number of aromatic nitrogens is 3. The number of halogens is 1. The van der Waals surface area contributed by atoms with Gasteiger partial charge >= 0.3 is 0 Å². The Balaban J connectivity index is 1.69. The molecule has 0 aliphatic carbocycles. The summed E-state index contributed by atoms with van der Waals surface area (Å²) in [4.78, 5) is 19.1. The topological polar surface area (TPSA) is 62.5 Å². The first-order valence-corrected chi connectivity index (χ1v) is 8.67. The second kappa shape index (κ2) is 6.49. The lowest BCUT2D eigenvalue weighted by Gasteiger charge is -2.31. The zero-order valence-corrected chi connectivity index (χ0v) is 14.7. The van der Waals surface area contributed by atoms with Crippen LogP contribution in [0.5, 0.6) is 0 Å². The first kappa shape index (κ1) is 16.7. The molecule has 134 valence electrons. The van der Waals surface area contributed by atoms with Crippen LogP contribution >= 0.6 is 0 Å². The summed E-state index contributed by atoms with van der Waals surface area (Å²) < 4.78 is 14.8. The Morgan fingerprint density at radius 2 is 2.08 bits per heavy atom. The van der Waals surface area contributed by atoms with Crippen molar-refractivity contribution in [1.82, 2.24) is 24.8 Å². The summed E-state index contributed by atoms with van der Waals surface area (Å²) in [7, 11) is 0. The normalized spacial score (nSPS) is 17.7. The number of nitrogens with one attached hydrogen (secondary N) is 1. The van der Waals surface area contributed by atoms with Gasteiger partial charge in [-0.3, -0.25) is 4.79 Å². The molecule has 7 heteroatoms. The van der Waals surface area contributed by atoms with Crippen molar-refractivity contribution in [2.24, 2.45) is 0 Å². The lowest BCUT2D eigenvalue weighted by atomic mass is 10.1. The molecule has 3 aromatic rings. The minimum Gasteiger partial charge on any atom is -0.334 e. The van der Waals surface area contributed by atoms with Gasteiger partial charge in [-0.2, -0.15) is 5.10 Å². The highest BCUT2D eigenvalue weighted by atomic mass is 19.1. The van der Waals surface area contributed by atoms with Crippen LogP contribution in [0.15, 0.2) is 36.5 Å². The number of hydrogen-bond acceptors (Lipinski definition) is 4. The monoisotopic (exact) mass is 353 g/mol. The van der Waals surface area contributed by atoms with Crippen molar-refractivity contribution in [3.05, 3.63) is 53.6 Å². The maximum absolute atomic E-state index is 13.1. The third kappa shape index (κ3) is 3.06. The van der Waals surface area contributed by atoms with Crippen LogP contribution in [0.1, 0.15) is 23.0 Å². The summed E-state index contributed by atoms with van der Waals surface area (Å²) in [5, 5.41) is 7.87. The van der Waals surface area contributed by atoms with E-state index in [1.54, 1.807) is 22.8 Å². The lowest BCUT2D eigenvalue weighted by Crippen LogP contribution is -2.51. The van der Waals surface area contributed by atoms with Crippen LogP contribution in [0.3, 0.4) is 0 Å². The third-order valence-electron chi connectivity index (χ3n) is 4.62. The van der Waals surface area contributed by atoms with Crippen molar-refractivity contribution in [3.63, 3.8) is 0 Å². The van der Waals surface area contributed by atoms with Gasteiger partial charge in [0.1, 0.15) is 11.5 Å². The first-order chi connectivity index (χ1) is 12.5. The molecular formula is C19H20FN5O. The molecule has 1 fully saturated rings. The highest BCUT2D eigenvalue weighted by Crippen LogP contribution is 2.21. The maximum Gasteiger partial charge on any atom is 0.274 e. The number of piperazine rings is 1. The molecule has 6 nitrogen and oxygen atoms in total. The molecular weight excluding hydrogens is 333 g/mol. The largest absolute Gasteiger partial charge is 0.334 e. The molecule has 0 saturated carbocycles. The van der Waals surface area contributed by atoms with Crippen LogP contribution in [-0.2, 0) is 0 Å². The zero-order valence-electron chi connectivity index (χ0n) is 14.7. The number of amides is 1. The van der Waals surface area contributed by atoms with Crippen molar-refractivity contribution in [3.8, 4) is 11.3 Å². The fourth-order valence-corrected chi connectivity index (χ4v) is 3.27. The van der Waals surface area contributed by atoms with Crippen LogP contribution < -0.4 is 5.32 Å². The van der Waals surface area contributed by atoms with Gasteiger partial charge in [-0.05, 0) is 49.7 Å². The summed E-state index contributed by atoms with van der Waals surface area (Å²) in [6, 6.07) is 8.36. The van der Waals surface area contributed by atoms with Gasteiger partial charge in [0.25, 0.3) is 5.91 Å². The second-order valence-corrected chi connectivity index (χ2v) is 6.72. The van der Waals surface area contributed by atoms with Gasteiger partial charge in [0, 0.05) is 31.2 Å². The maximum atomic E-state index is 13.1. The molecule has 1 amide bonds. The lowest BCUT2D eigenvalue weighted by molar-refractivity contribution is 0.0704. The van der Waals surface area contributed by atoms with Gasteiger partial charge in [-0.15, -0.1) is 0 Å². The number of fused-ring (bicyclic) bond motifs is 1. The number of imidazole rings is 1. The predicted octanol–water partition coefficient (Wildman–Crippen LogP) is 2.28. The Morgan fingerprint density at radius 1 is 1.31 bits per heavy atom. The summed E-state index contributed by atoms with van der Waals surface area (Å²) >= 11 is 0. The molecule has 0 radical (unpaired) electrons. The van der Waals surface area contributed by atoms with Crippen LogP contribution in [-0.4, -0.2) is 51.1 Å². The SMILES string of the molecule is Cc1cc(-c2ccc(F)cc2)nn2cc(C(=O)N3CCNC(C)C3)nc12. The summed E-state index contributed by atoms with van der Waals surface area (Å²) in [5.41, 5.74) is 3.48. The Bertz CT molecular complexity index is 966. The van der Waals surface area contributed by atoms with Gasteiger partial charge in [0.05, 0.1) is 11.9 Å². The van der Waals surface area contributed by atoms with E-state index in [1.165, 1.54) is 12.1 Å². The van der Waals surface area contributed by atoms with Crippen molar-refractivity contribution < 1.29 is 9.18 Å². The standard InChI is InChI=1S/C19H20FN5O/c1-12-9-16(14-3-5-15(20)6-4-14)23-25-11-17(22-18(12)25)19(26)24-8-7-21-13(2)10-24/h3-6,9,11,13,21H,7-8,10H2,1-2H3. The van der Waals surface area contributed by atoms with Crippen LogP contribution in [0.25, 0.3) is 16.9 Å². The third-order valence-corrected chi connectivity index (χ3v) is 4.62. The molecule has 1 N–H and O–H groups in total. The molecule has 1 atom stereocenters. The van der Waals surface area contributed by atoms with E-state index >= 15 is 0 Å². The van der Waals surface area contributed by atoms with Crippen molar-refractivity contribution in [2.45, 2.75) is 19.9 Å². The summed E-state index contributed by atoms with van der Waals surface area (Å²) in [6.45, 7) is 6.11. The van der Waals surface area contributed by atoms with E-state index in [9.17, 15) is 9.18 Å². The summed E-state index contributed by atoms with van der Waals surface area (Å²) in [6.07, 6.45) is 1.67. The molecule has 1 unspecified atom stereocenters. The van der Waals surface area contributed by atoms with E-state index in [-0.39, 0.29) is 17.8 Å². The minimum atomic E-state index is -0.285. The van der Waals surface area contributed by atoms with Crippen LogP contribution in [0, 0.1) is 12.7 Å². The highest BCUT2D eigenvalue weighted by Gasteiger charge is 2.24. The molecule has 1 aliphatic rings. The highest BCUT2D eigenvalue weighted by molar-refractivity contribution is 5.93. The molecule has 4 rings (SSSR count). The number of hydrogen-bond donors (Lipinski definition) is 1. The number of nitrogens with zero attached hydrogens (tertiary/aromatic N) is 4. The molecule has 0 bridgehead atoms. The first-order valence-electron chi connectivity index (χ1n) is 8.67. The Morgan fingerprint density at radius 3 is 2.81 bits per heavy atom. The summed E-state index contributed by atoms with van der Waals surface area (Å²) in [5.74, 6) is -0.362. The zero-order chi connectivity index (χ0) is 18.3. The Labute approximate surface area is 150 Å². The van der Waals surface area contributed by atoms with Gasteiger partial charge in [-0.1, -0.05) is 0 Å². The van der Waals surface area contributed by atoms with Crippen molar-refractivity contribution in [2.75, 3.05) is 19.6 Å². The molecule has 3 heterocycles. The minimum absolute atomic E-state index is 0.0772. The van der Waals surface area contributed by atoms with E-state index in [4.69, 9.17) is 0 Å². The van der Waals surface area contributed by atoms with E-state index in [0.717, 1.165) is 17.7 Å². The quantitative estimate of drug-likeness (QED) is 0.768. The van der Waals surface area contributed by atoms with Crippen molar-refractivity contribution in [1.29, 1.82) is 0 Å². The molecule has 0 spiro atoms. The number of carbonyl (C=O) groups is 1. The number of carbonyl (C=O) groups excluding carboxylic acids is 1. The smallest absolute Gasteiger partial charge is 0.274 e. The fraction of sp³-hybridized carbons (Fsp3) is 0.316. The molecule has 2 aromatic heterocycles. The van der Waals surface area contributed by atoms with E-state index < -0.39 is 0 Å². The van der Waals surface area contributed by atoms with E-state index in [1.807, 2.05) is 17.9 Å². The van der Waals surface area contributed by atoms with Crippen LogP contribution in [0.2, 0.25) is 0 Å². The molecule has 1 aromatic carbocycles. The average molecular weight is 353 g/mol. The van der Waals surface area contributed by atoms with Gasteiger partial charge < -0.3 is 10.2 Å². The number of benzene rings is 1. The predicted molar refractivity (Wildman–Crippen MR) is 96.5 cm³/mol. The molecule has 26 heavy (non-hydrogen) atoms. The molecule has 1 aliphatic heterocycles. The second-order valence-electron chi connectivity index (χ2n) is 6.72. The average Bonchev–Trinajstić information content (AvgIpc) is 3.06. The van der Waals surface area contributed by atoms with Gasteiger partial charge in [0.2, 0.25) is 0 Å². The van der Waals surface area contributed by atoms with Gasteiger partial charge in [0.15, 0.2) is 5.65 Å². The van der Waals surface area contributed by atoms with Crippen LogP contribution in [0.4, 0.5) is 4.39 Å². The van der Waals surface area contributed by atoms with Gasteiger partial charge in [-0.25, -0.2) is 13.9 Å². The fourth-order valence-electron chi connectivity index (χ4n) is 3.27. The number of aryl methyl sites for hydroxylation is 1. The molecule has 1 saturated heterocycles. The van der Waals surface area contributed by atoms with E-state index in [2.05, 4.69) is 22.3 Å². The van der Waals surface area contributed by atoms with Crippen molar-refractivity contribution >= 4 is 11.6 Å².